The fourth-order valence-corrected chi connectivity index (χ4v) is 3.88. The molecule has 0 aromatic carbocycles. The van der Waals surface area contributed by atoms with Gasteiger partial charge in [0.2, 0.25) is 5.91 Å². The smallest absolute Gasteiger partial charge is 0.246 e. The second-order valence-corrected chi connectivity index (χ2v) is 8.48. The van der Waals surface area contributed by atoms with E-state index in [-0.39, 0.29) is 12.5 Å². The van der Waals surface area contributed by atoms with Gasteiger partial charge in [-0.3, -0.25) is 4.79 Å². The lowest BCUT2D eigenvalue weighted by molar-refractivity contribution is -0.124. The maximum Gasteiger partial charge on any atom is 0.246 e. The van der Waals surface area contributed by atoms with E-state index in [1.807, 2.05) is 10.9 Å². The third-order valence-electron chi connectivity index (χ3n) is 4.37. The van der Waals surface area contributed by atoms with Gasteiger partial charge in [0.1, 0.15) is 12.4 Å². The average Bonchev–Trinajstić information content (AvgIpc) is 3.04. The van der Waals surface area contributed by atoms with Crippen LogP contribution in [0.4, 0.5) is 5.82 Å². The Labute approximate surface area is 164 Å². The molecule has 1 N–H and O–H groups in total. The van der Waals surface area contributed by atoms with Crippen LogP contribution in [0.5, 0.6) is 0 Å². The highest BCUT2D eigenvalue weighted by Gasteiger charge is 2.20. The topological polar surface area (TPSA) is 85.2 Å². The molecule has 0 aliphatic carbocycles. The van der Waals surface area contributed by atoms with E-state index in [0.717, 1.165) is 35.1 Å². The van der Waals surface area contributed by atoms with Gasteiger partial charge < -0.3 is 15.0 Å². The van der Waals surface area contributed by atoms with Crippen molar-refractivity contribution in [2.45, 2.75) is 50.1 Å². The molecule has 0 bridgehead atoms. The van der Waals surface area contributed by atoms with Gasteiger partial charge in [0.05, 0.1) is 18.1 Å². The van der Waals surface area contributed by atoms with E-state index < -0.39 is 0 Å². The van der Waals surface area contributed by atoms with Gasteiger partial charge in [0.25, 0.3) is 0 Å². The van der Waals surface area contributed by atoms with Crippen LogP contribution in [-0.2, 0) is 16.1 Å². The quantitative estimate of drug-likeness (QED) is 0.544. The Morgan fingerprint density at radius 2 is 2.07 bits per heavy atom. The van der Waals surface area contributed by atoms with Gasteiger partial charge >= 0.3 is 0 Å². The number of hydrogen-bond donors (Lipinski definition) is 1. The summed E-state index contributed by atoms with van der Waals surface area (Å²) in [6.45, 7) is 7.43. The third kappa shape index (κ3) is 5.10. The summed E-state index contributed by atoms with van der Waals surface area (Å²) in [5.74, 6) is 0.853. The largest absolute Gasteiger partial charge is 0.375 e. The summed E-state index contributed by atoms with van der Waals surface area (Å²) in [6.07, 6.45) is 5.51. The monoisotopic (exact) mass is 392 g/mol. The Hall–Kier alpha value is -1.87. The highest BCUT2D eigenvalue weighted by atomic mass is 32.2. The van der Waals surface area contributed by atoms with Crippen molar-refractivity contribution in [1.82, 2.24) is 25.1 Å². The lowest BCUT2D eigenvalue weighted by Gasteiger charge is -2.28. The number of piperidine rings is 1. The SMILES string of the molecule is COCC(=O)NCCn1ncc2c(N3CCCCC3)nc(SC(C)C)nc21. The van der Waals surface area contributed by atoms with Crippen LogP contribution in [0.2, 0.25) is 0 Å². The average molecular weight is 393 g/mol. The second kappa shape index (κ2) is 9.36. The van der Waals surface area contributed by atoms with Gasteiger partial charge in [-0.05, 0) is 19.3 Å². The summed E-state index contributed by atoms with van der Waals surface area (Å²) in [5.41, 5.74) is 0.828. The molecular formula is C18H28N6O2S. The highest BCUT2D eigenvalue weighted by Crippen LogP contribution is 2.30. The van der Waals surface area contributed by atoms with Crippen LogP contribution >= 0.6 is 11.8 Å². The van der Waals surface area contributed by atoms with Gasteiger partial charge in [0, 0.05) is 32.0 Å². The van der Waals surface area contributed by atoms with E-state index in [1.54, 1.807) is 11.8 Å². The third-order valence-corrected chi connectivity index (χ3v) is 5.24. The molecule has 1 aliphatic heterocycles. The van der Waals surface area contributed by atoms with Crippen LogP contribution in [0.3, 0.4) is 0 Å². The predicted octanol–water partition coefficient (Wildman–Crippen LogP) is 2.08. The van der Waals surface area contributed by atoms with Crippen molar-refractivity contribution in [3.8, 4) is 0 Å². The number of rotatable bonds is 8. The van der Waals surface area contributed by atoms with Crippen molar-refractivity contribution >= 4 is 34.5 Å². The maximum absolute atomic E-state index is 11.6. The molecule has 8 nitrogen and oxygen atoms in total. The summed E-state index contributed by atoms with van der Waals surface area (Å²) < 4.78 is 6.68. The molecule has 2 aromatic heterocycles. The first kappa shape index (κ1) is 19.9. The lowest BCUT2D eigenvalue weighted by Crippen LogP contribution is -2.31. The molecular weight excluding hydrogens is 364 g/mol. The first-order chi connectivity index (χ1) is 13.1. The predicted molar refractivity (Wildman–Crippen MR) is 107 cm³/mol. The number of methoxy groups -OCH3 is 1. The molecule has 3 heterocycles. The molecule has 27 heavy (non-hydrogen) atoms. The van der Waals surface area contributed by atoms with Crippen LogP contribution in [0.1, 0.15) is 33.1 Å². The number of carbonyl (C=O) groups excluding carboxylic acids is 1. The Bertz CT molecular complexity index is 773. The standard InChI is InChI=1S/C18H28N6O2S/c1-13(2)27-18-21-16(23-8-5-4-6-9-23)14-11-20-24(17(14)22-18)10-7-19-15(25)12-26-3/h11,13H,4-10,12H2,1-3H3,(H,19,25). The number of thioether (sulfide) groups is 1. The van der Waals surface area contributed by atoms with Crippen molar-refractivity contribution < 1.29 is 9.53 Å². The van der Waals surface area contributed by atoms with E-state index in [2.05, 4.69) is 29.2 Å². The van der Waals surface area contributed by atoms with Crippen molar-refractivity contribution in [1.29, 1.82) is 0 Å². The summed E-state index contributed by atoms with van der Waals surface area (Å²) in [7, 11) is 1.51. The molecule has 9 heteroatoms. The van der Waals surface area contributed by atoms with Gasteiger partial charge in [0.15, 0.2) is 10.8 Å². The minimum Gasteiger partial charge on any atom is -0.375 e. The molecule has 1 amide bonds. The fourth-order valence-electron chi connectivity index (χ4n) is 3.18. The fraction of sp³-hybridized carbons (Fsp3) is 0.667. The molecule has 2 aromatic rings. The Kier molecular flexibility index (Phi) is 6.89. The molecule has 0 atom stereocenters. The first-order valence-electron chi connectivity index (χ1n) is 9.49. The number of aromatic nitrogens is 4. The molecule has 0 spiro atoms. The van der Waals surface area contributed by atoms with Gasteiger partial charge in [-0.1, -0.05) is 25.6 Å². The zero-order valence-electron chi connectivity index (χ0n) is 16.3. The van der Waals surface area contributed by atoms with E-state index in [1.165, 1.54) is 26.4 Å². The lowest BCUT2D eigenvalue weighted by atomic mass is 10.1. The Balaban J connectivity index is 1.85. The highest BCUT2D eigenvalue weighted by molar-refractivity contribution is 7.99. The first-order valence-corrected chi connectivity index (χ1v) is 10.4. The van der Waals surface area contributed by atoms with Crippen molar-refractivity contribution in [2.24, 2.45) is 0 Å². The molecule has 1 aliphatic rings. The number of amides is 1. The minimum atomic E-state index is -0.131. The minimum absolute atomic E-state index is 0.0658. The van der Waals surface area contributed by atoms with Crippen LogP contribution in [-0.4, -0.2) is 64.3 Å². The zero-order chi connectivity index (χ0) is 19.2. The zero-order valence-corrected chi connectivity index (χ0v) is 17.1. The van der Waals surface area contributed by atoms with Crippen LogP contribution < -0.4 is 10.2 Å². The van der Waals surface area contributed by atoms with Gasteiger partial charge in [-0.2, -0.15) is 5.10 Å². The van der Waals surface area contributed by atoms with Crippen molar-refractivity contribution in [3.05, 3.63) is 6.20 Å². The van der Waals surface area contributed by atoms with Gasteiger partial charge in [-0.25, -0.2) is 14.6 Å². The summed E-state index contributed by atoms with van der Waals surface area (Å²) in [6, 6.07) is 0. The number of fused-ring (bicyclic) bond motifs is 1. The summed E-state index contributed by atoms with van der Waals surface area (Å²) in [4.78, 5) is 23.5. The van der Waals surface area contributed by atoms with Crippen molar-refractivity contribution in [2.75, 3.05) is 38.3 Å². The second-order valence-electron chi connectivity index (χ2n) is 6.93. The maximum atomic E-state index is 11.6. The van der Waals surface area contributed by atoms with E-state index >= 15 is 0 Å². The number of ether oxygens (including phenoxy) is 1. The summed E-state index contributed by atoms with van der Waals surface area (Å²) in [5, 5.41) is 9.50. The number of nitrogens with one attached hydrogen (secondary N) is 1. The van der Waals surface area contributed by atoms with Crippen LogP contribution in [0.25, 0.3) is 11.0 Å². The van der Waals surface area contributed by atoms with Gasteiger partial charge in [-0.15, -0.1) is 0 Å². The molecule has 1 saturated heterocycles. The van der Waals surface area contributed by atoms with Crippen LogP contribution in [0, 0.1) is 0 Å². The number of anilines is 1. The van der Waals surface area contributed by atoms with E-state index in [0.29, 0.717) is 18.3 Å². The molecule has 1 fully saturated rings. The Morgan fingerprint density at radius 1 is 1.30 bits per heavy atom. The molecule has 3 rings (SSSR count). The van der Waals surface area contributed by atoms with E-state index in [4.69, 9.17) is 14.7 Å². The van der Waals surface area contributed by atoms with Crippen LogP contribution in [0.15, 0.2) is 11.4 Å². The number of nitrogens with zero attached hydrogens (tertiary/aromatic N) is 5. The number of carbonyl (C=O) groups is 1. The Morgan fingerprint density at radius 3 is 2.78 bits per heavy atom. The van der Waals surface area contributed by atoms with Crippen molar-refractivity contribution in [3.63, 3.8) is 0 Å². The molecule has 0 saturated carbocycles. The molecule has 0 radical (unpaired) electrons. The molecule has 148 valence electrons. The normalized spacial score (nSPS) is 14.9. The van der Waals surface area contributed by atoms with E-state index in [9.17, 15) is 4.79 Å². The number of hydrogen-bond acceptors (Lipinski definition) is 7. The molecule has 0 unspecified atom stereocenters. The summed E-state index contributed by atoms with van der Waals surface area (Å²) >= 11 is 1.66.